The van der Waals surface area contributed by atoms with Crippen LogP contribution in [0.5, 0.6) is 0 Å². The number of sulfonamides is 1. The zero-order valence-electron chi connectivity index (χ0n) is 18.6. The maximum absolute atomic E-state index is 13.0. The lowest BCUT2D eigenvalue weighted by Crippen LogP contribution is -2.49. The van der Waals surface area contributed by atoms with Gasteiger partial charge in [0.2, 0.25) is 0 Å². The third-order valence-corrected chi connectivity index (χ3v) is 7.69. The van der Waals surface area contributed by atoms with Gasteiger partial charge in [-0.3, -0.25) is 9.52 Å². The number of halogens is 1. The minimum Gasteiger partial charge on any atom is -0.368 e. The molecule has 0 atom stereocenters. The molecule has 0 aromatic heterocycles. The maximum atomic E-state index is 13.0. The molecule has 1 amide bonds. The second-order valence-electron chi connectivity index (χ2n) is 8.11. The molecule has 3 aromatic carbocycles. The fourth-order valence-electron chi connectivity index (χ4n) is 3.95. The molecule has 1 heterocycles. The summed E-state index contributed by atoms with van der Waals surface area (Å²) in [4.78, 5) is 17.3. The van der Waals surface area contributed by atoms with E-state index in [9.17, 15) is 13.2 Å². The van der Waals surface area contributed by atoms with Crippen molar-refractivity contribution in [2.45, 2.75) is 18.7 Å². The predicted octanol–water partition coefficient (Wildman–Crippen LogP) is 4.72. The summed E-state index contributed by atoms with van der Waals surface area (Å²) in [7, 11) is -3.76. The molecule has 172 valence electrons. The number of benzene rings is 3. The van der Waals surface area contributed by atoms with Gasteiger partial charge in [0.15, 0.2) is 0 Å². The highest BCUT2D eigenvalue weighted by Crippen LogP contribution is 2.28. The van der Waals surface area contributed by atoms with Crippen molar-refractivity contribution in [2.24, 2.45) is 0 Å². The van der Waals surface area contributed by atoms with Crippen LogP contribution in [0.25, 0.3) is 0 Å². The lowest BCUT2D eigenvalue weighted by molar-refractivity contribution is 0.0747. The van der Waals surface area contributed by atoms with Crippen LogP contribution in [0.15, 0.2) is 71.6 Å². The molecular formula is C25H26ClN3O3S. The number of nitrogens with one attached hydrogen (secondary N) is 1. The highest BCUT2D eigenvalue weighted by atomic mass is 35.5. The number of piperazine rings is 1. The van der Waals surface area contributed by atoms with Crippen LogP contribution in [0.1, 0.15) is 21.5 Å². The van der Waals surface area contributed by atoms with Crippen LogP contribution in [-0.2, 0) is 10.0 Å². The third-order valence-electron chi connectivity index (χ3n) is 6.00. The van der Waals surface area contributed by atoms with Gasteiger partial charge < -0.3 is 9.80 Å². The first-order valence-corrected chi connectivity index (χ1v) is 12.6. The van der Waals surface area contributed by atoms with Gasteiger partial charge in [0.1, 0.15) is 0 Å². The Morgan fingerprint density at radius 3 is 2.27 bits per heavy atom. The number of amides is 1. The Morgan fingerprint density at radius 1 is 0.909 bits per heavy atom. The molecule has 1 saturated heterocycles. The Morgan fingerprint density at radius 2 is 1.61 bits per heavy atom. The molecule has 0 unspecified atom stereocenters. The molecule has 0 radical (unpaired) electrons. The third kappa shape index (κ3) is 4.99. The summed E-state index contributed by atoms with van der Waals surface area (Å²) in [5, 5.41) is 0.175. The largest absolute Gasteiger partial charge is 0.368 e. The summed E-state index contributed by atoms with van der Waals surface area (Å²) in [6, 6.07) is 19.0. The van der Waals surface area contributed by atoms with Crippen LogP contribution >= 0.6 is 11.6 Å². The summed E-state index contributed by atoms with van der Waals surface area (Å²) in [5.41, 5.74) is 4.39. The molecule has 8 heteroatoms. The average molecular weight is 484 g/mol. The molecular weight excluding hydrogens is 458 g/mol. The van der Waals surface area contributed by atoms with E-state index in [0.29, 0.717) is 18.7 Å². The number of anilines is 2. The summed E-state index contributed by atoms with van der Waals surface area (Å²) < 4.78 is 27.6. The molecule has 0 saturated carbocycles. The van der Waals surface area contributed by atoms with E-state index < -0.39 is 10.0 Å². The van der Waals surface area contributed by atoms with Crippen molar-refractivity contribution in [2.75, 3.05) is 35.8 Å². The van der Waals surface area contributed by atoms with E-state index in [-0.39, 0.29) is 21.5 Å². The van der Waals surface area contributed by atoms with Crippen LogP contribution in [0, 0.1) is 13.8 Å². The highest BCUT2D eigenvalue weighted by molar-refractivity contribution is 7.92. The molecule has 4 rings (SSSR count). The number of rotatable bonds is 5. The molecule has 1 N–H and O–H groups in total. The monoisotopic (exact) mass is 483 g/mol. The van der Waals surface area contributed by atoms with Gasteiger partial charge in [-0.2, -0.15) is 0 Å². The fraction of sp³-hybridized carbons (Fsp3) is 0.240. The minimum atomic E-state index is -3.76. The zero-order valence-corrected chi connectivity index (χ0v) is 20.2. The van der Waals surface area contributed by atoms with Gasteiger partial charge in [-0.15, -0.1) is 0 Å². The van der Waals surface area contributed by atoms with Gasteiger partial charge in [-0.25, -0.2) is 8.42 Å². The van der Waals surface area contributed by atoms with Crippen LogP contribution < -0.4 is 9.62 Å². The van der Waals surface area contributed by atoms with Crippen LogP contribution in [0.2, 0.25) is 5.02 Å². The number of carbonyl (C=O) groups excluding carboxylic acids is 1. The van der Waals surface area contributed by atoms with Crippen molar-refractivity contribution < 1.29 is 13.2 Å². The van der Waals surface area contributed by atoms with Crippen molar-refractivity contribution in [1.29, 1.82) is 0 Å². The first-order valence-electron chi connectivity index (χ1n) is 10.7. The van der Waals surface area contributed by atoms with Gasteiger partial charge in [-0.05, 0) is 61.4 Å². The Bertz CT molecular complexity index is 1270. The van der Waals surface area contributed by atoms with E-state index in [1.807, 2.05) is 0 Å². The molecule has 0 spiro atoms. The molecule has 33 heavy (non-hydrogen) atoms. The molecule has 1 aliphatic heterocycles. The van der Waals surface area contributed by atoms with Crippen molar-refractivity contribution in [3.8, 4) is 0 Å². The summed E-state index contributed by atoms with van der Waals surface area (Å²) in [6.45, 7) is 6.93. The van der Waals surface area contributed by atoms with E-state index in [1.165, 1.54) is 41.1 Å². The standard InChI is InChI=1S/C25H26ClN3O3S/c1-18-7-6-10-24(19(18)2)28-13-15-29(16-14-28)25(30)20-11-12-23(22(26)17-20)27-33(31,32)21-8-4-3-5-9-21/h3-12,17,27H,13-16H2,1-2H3. The summed E-state index contributed by atoms with van der Waals surface area (Å²) in [5.74, 6) is -0.116. The van der Waals surface area contributed by atoms with E-state index in [1.54, 1.807) is 29.2 Å². The molecule has 6 nitrogen and oxygen atoms in total. The van der Waals surface area contributed by atoms with Crippen molar-refractivity contribution in [3.63, 3.8) is 0 Å². The topological polar surface area (TPSA) is 69.7 Å². The Hall–Kier alpha value is -3.03. The van der Waals surface area contributed by atoms with Crippen LogP contribution in [-0.4, -0.2) is 45.4 Å². The Kier molecular flexibility index (Phi) is 6.63. The number of hydrogen-bond acceptors (Lipinski definition) is 4. The molecule has 0 bridgehead atoms. The number of hydrogen-bond donors (Lipinski definition) is 1. The molecule has 1 fully saturated rings. The van der Waals surface area contributed by atoms with Gasteiger partial charge in [0.05, 0.1) is 15.6 Å². The van der Waals surface area contributed by atoms with E-state index >= 15 is 0 Å². The van der Waals surface area contributed by atoms with Crippen molar-refractivity contribution >= 4 is 38.9 Å². The van der Waals surface area contributed by atoms with Gasteiger partial charge in [0, 0.05) is 37.4 Å². The lowest BCUT2D eigenvalue weighted by Gasteiger charge is -2.37. The highest BCUT2D eigenvalue weighted by Gasteiger charge is 2.24. The second kappa shape index (κ2) is 9.45. The minimum absolute atomic E-state index is 0.116. The van der Waals surface area contributed by atoms with E-state index in [0.717, 1.165) is 13.1 Å². The van der Waals surface area contributed by atoms with E-state index in [4.69, 9.17) is 11.6 Å². The van der Waals surface area contributed by atoms with Crippen LogP contribution in [0.3, 0.4) is 0 Å². The predicted molar refractivity (Wildman–Crippen MR) is 133 cm³/mol. The number of nitrogens with zero attached hydrogens (tertiary/aromatic N) is 2. The van der Waals surface area contributed by atoms with Gasteiger partial charge in [-0.1, -0.05) is 41.9 Å². The van der Waals surface area contributed by atoms with E-state index in [2.05, 4.69) is 41.7 Å². The summed E-state index contributed by atoms with van der Waals surface area (Å²) >= 11 is 6.34. The first kappa shape index (κ1) is 23.1. The quantitative estimate of drug-likeness (QED) is 0.570. The average Bonchev–Trinajstić information content (AvgIpc) is 2.82. The zero-order chi connectivity index (χ0) is 23.6. The Labute approximate surface area is 199 Å². The molecule has 1 aliphatic rings. The Balaban J connectivity index is 1.43. The van der Waals surface area contributed by atoms with Crippen molar-refractivity contribution in [3.05, 3.63) is 88.4 Å². The van der Waals surface area contributed by atoms with Gasteiger partial charge >= 0.3 is 0 Å². The van der Waals surface area contributed by atoms with Crippen molar-refractivity contribution in [1.82, 2.24) is 4.90 Å². The fourth-order valence-corrected chi connectivity index (χ4v) is 5.33. The number of carbonyl (C=O) groups is 1. The smallest absolute Gasteiger partial charge is 0.261 e. The van der Waals surface area contributed by atoms with Gasteiger partial charge in [0.25, 0.3) is 15.9 Å². The summed E-state index contributed by atoms with van der Waals surface area (Å²) in [6.07, 6.45) is 0. The first-order chi connectivity index (χ1) is 15.8. The molecule has 0 aliphatic carbocycles. The lowest BCUT2D eigenvalue weighted by atomic mass is 10.1. The van der Waals surface area contributed by atoms with Crippen LogP contribution in [0.4, 0.5) is 11.4 Å². The maximum Gasteiger partial charge on any atom is 0.261 e. The second-order valence-corrected chi connectivity index (χ2v) is 10.2. The molecule has 3 aromatic rings. The normalized spacial score (nSPS) is 14.3. The number of aryl methyl sites for hydroxylation is 1. The SMILES string of the molecule is Cc1cccc(N2CCN(C(=O)c3ccc(NS(=O)(=O)c4ccccc4)c(Cl)c3)CC2)c1C.